The summed E-state index contributed by atoms with van der Waals surface area (Å²) in [4.78, 5) is 46.3. The van der Waals surface area contributed by atoms with Gasteiger partial charge in [0, 0.05) is 17.0 Å². The van der Waals surface area contributed by atoms with E-state index in [0.29, 0.717) is 24.6 Å². The molecule has 1 spiro atoms. The van der Waals surface area contributed by atoms with Gasteiger partial charge in [0.05, 0.1) is 42.9 Å². The Bertz CT molecular complexity index is 1200. The third-order valence-corrected chi connectivity index (χ3v) is 11.0. The molecule has 1 aromatic carbocycles. The highest BCUT2D eigenvalue weighted by Crippen LogP contribution is 2.65. The highest BCUT2D eigenvalue weighted by Gasteiger charge is 2.74. The molecule has 1 aromatic rings. The summed E-state index contributed by atoms with van der Waals surface area (Å²) >= 11 is 1.53. The molecule has 216 valence electrons. The van der Waals surface area contributed by atoms with Crippen LogP contribution in [-0.4, -0.2) is 76.2 Å². The minimum absolute atomic E-state index is 0.0495. The number of methoxy groups -OCH3 is 1. The zero-order chi connectivity index (χ0) is 28.7. The molecule has 9 heteroatoms. The topological polar surface area (TPSA) is 96.4 Å². The van der Waals surface area contributed by atoms with Gasteiger partial charge in [-0.1, -0.05) is 44.6 Å². The van der Waals surface area contributed by atoms with Crippen LogP contribution in [0.4, 0.5) is 5.69 Å². The van der Waals surface area contributed by atoms with Gasteiger partial charge in [-0.3, -0.25) is 14.4 Å². The highest BCUT2D eigenvalue weighted by molar-refractivity contribution is 8.02. The molecule has 0 radical (unpaired) electrons. The Morgan fingerprint density at radius 1 is 1.10 bits per heavy atom. The number of carbonyl (C=O) groups is 3. The molecule has 0 aromatic heterocycles. The molecule has 1 unspecified atom stereocenters. The van der Waals surface area contributed by atoms with Crippen molar-refractivity contribution < 1.29 is 29.0 Å². The van der Waals surface area contributed by atoms with E-state index >= 15 is 0 Å². The van der Waals surface area contributed by atoms with Crippen LogP contribution >= 0.6 is 11.8 Å². The van der Waals surface area contributed by atoms with E-state index in [2.05, 4.69) is 12.2 Å². The lowest BCUT2D eigenvalue weighted by atomic mass is 9.74. The number of rotatable bonds is 6. The molecule has 2 saturated heterocycles. The van der Waals surface area contributed by atoms with E-state index < -0.39 is 39.4 Å². The van der Waals surface area contributed by atoms with Gasteiger partial charge in [0.15, 0.2) is 0 Å². The Labute approximate surface area is 240 Å². The fourth-order valence-electron chi connectivity index (χ4n) is 6.90. The number of thioether (sulfide) groups is 1. The second-order valence-corrected chi connectivity index (χ2v) is 13.3. The first-order chi connectivity index (χ1) is 19.2. The molecule has 40 heavy (non-hydrogen) atoms. The van der Waals surface area contributed by atoms with Gasteiger partial charge < -0.3 is 24.4 Å². The fraction of sp³-hybridized carbons (Fsp3) is 0.581. The molecule has 0 saturated carbocycles. The molecular formula is C31H40N2O6S. The van der Waals surface area contributed by atoms with Gasteiger partial charge in [0.1, 0.15) is 11.8 Å². The summed E-state index contributed by atoms with van der Waals surface area (Å²) in [5.41, 5.74) is 0.694. The van der Waals surface area contributed by atoms with Gasteiger partial charge >= 0.3 is 5.97 Å². The first kappa shape index (κ1) is 28.7. The van der Waals surface area contributed by atoms with Crippen molar-refractivity contribution in [3.05, 3.63) is 48.6 Å². The number of benzene rings is 1. The Morgan fingerprint density at radius 2 is 1.85 bits per heavy atom. The quantitative estimate of drug-likeness (QED) is 0.410. The number of aliphatic hydroxyl groups excluding tert-OH is 1. The van der Waals surface area contributed by atoms with Crippen LogP contribution in [0.2, 0.25) is 0 Å². The number of anilines is 1. The number of likely N-dealkylation sites (tertiary alicyclic amines) is 1. The largest absolute Gasteiger partial charge is 0.497 e. The van der Waals surface area contributed by atoms with Gasteiger partial charge in [-0.2, -0.15) is 0 Å². The van der Waals surface area contributed by atoms with E-state index in [1.807, 2.05) is 57.2 Å². The van der Waals surface area contributed by atoms with Crippen LogP contribution < -0.4 is 9.64 Å². The Hall–Kier alpha value is -2.78. The fourth-order valence-corrected chi connectivity index (χ4v) is 9.04. The zero-order valence-electron chi connectivity index (χ0n) is 23.7. The standard InChI is InChI=1S/C31H40N2O6S/c1-5-20(2)23(19-34)33-26-28(36)32(21-11-13-22(38-4)14-12-21)17-10-16-31(26)24(27(33)35)25-29(37)39-18-9-7-6-8-15-30(25,3)40-31/h8,10-16,20,23-26,34H,5-7,9,17-19H2,1-4H3/b15-8-/t20-,23-,24-,25+,26?,30-,31-/m0/s1. The second kappa shape index (κ2) is 11.2. The van der Waals surface area contributed by atoms with Crippen molar-refractivity contribution >= 4 is 35.2 Å². The number of hydrogen-bond acceptors (Lipinski definition) is 7. The van der Waals surface area contributed by atoms with Crippen LogP contribution in [0.5, 0.6) is 5.75 Å². The summed E-state index contributed by atoms with van der Waals surface area (Å²) < 4.78 is 9.34. The molecule has 0 bridgehead atoms. The summed E-state index contributed by atoms with van der Waals surface area (Å²) in [6, 6.07) is 5.84. The number of esters is 1. The molecule has 8 nitrogen and oxygen atoms in total. The monoisotopic (exact) mass is 568 g/mol. The predicted molar refractivity (Wildman–Crippen MR) is 155 cm³/mol. The first-order valence-corrected chi connectivity index (χ1v) is 15.1. The number of allylic oxidation sites excluding steroid dienone is 1. The average molecular weight is 569 g/mol. The van der Waals surface area contributed by atoms with Crippen LogP contribution in [0.1, 0.15) is 46.5 Å². The van der Waals surface area contributed by atoms with E-state index in [0.717, 1.165) is 25.7 Å². The van der Waals surface area contributed by atoms with E-state index in [4.69, 9.17) is 9.47 Å². The number of hydrogen-bond donors (Lipinski definition) is 1. The second-order valence-electron chi connectivity index (χ2n) is 11.5. The number of aliphatic hydroxyl groups is 1. The number of fused-ring (bicyclic) bond motifs is 2. The summed E-state index contributed by atoms with van der Waals surface area (Å²) in [5, 5.41) is 10.6. The van der Waals surface area contributed by atoms with Crippen LogP contribution in [0, 0.1) is 17.8 Å². The van der Waals surface area contributed by atoms with Crippen LogP contribution in [0.15, 0.2) is 48.6 Å². The van der Waals surface area contributed by atoms with Crippen molar-refractivity contribution in [3.63, 3.8) is 0 Å². The lowest BCUT2D eigenvalue weighted by Gasteiger charge is -2.41. The number of carbonyl (C=O) groups excluding carboxylic acids is 3. The van der Waals surface area contributed by atoms with Crippen molar-refractivity contribution in [1.82, 2.24) is 4.90 Å². The molecule has 4 aliphatic rings. The zero-order valence-corrected chi connectivity index (χ0v) is 24.6. The minimum atomic E-state index is -0.993. The van der Waals surface area contributed by atoms with Gasteiger partial charge in [0.2, 0.25) is 5.91 Å². The average Bonchev–Trinajstić information content (AvgIpc) is 3.28. The van der Waals surface area contributed by atoms with Crippen LogP contribution in [0.3, 0.4) is 0 Å². The van der Waals surface area contributed by atoms with Crippen molar-refractivity contribution in [3.8, 4) is 5.75 Å². The van der Waals surface area contributed by atoms with Gasteiger partial charge in [-0.05, 0) is 56.4 Å². The van der Waals surface area contributed by atoms with Crippen molar-refractivity contribution in [2.75, 3.05) is 31.8 Å². The molecule has 4 heterocycles. The number of cyclic esters (lactones) is 1. The normalized spacial score (nSPS) is 34.3. The lowest BCUT2D eigenvalue weighted by molar-refractivity contribution is -0.155. The highest BCUT2D eigenvalue weighted by atomic mass is 32.2. The maximum absolute atomic E-state index is 14.7. The Morgan fingerprint density at radius 3 is 2.52 bits per heavy atom. The third kappa shape index (κ3) is 4.55. The van der Waals surface area contributed by atoms with Gasteiger partial charge in [0.25, 0.3) is 5.91 Å². The van der Waals surface area contributed by atoms with E-state index in [1.54, 1.807) is 16.9 Å². The van der Waals surface area contributed by atoms with E-state index in [1.165, 1.54) is 11.8 Å². The minimum Gasteiger partial charge on any atom is -0.497 e. The first-order valence-electron chi connectivity index (χ1n) is 14.3. The van der Waals surface area contributed by atoms with Crippen molar-refractivity contribution in [1.29, 1.82) is 0 Å². The maximum Gasteiger partial charge on any atom is 0.311 e. The Balaban J connectivity index is 1.67. The molecule has 5 rings (SSSR count). The lowest BCUT2D eigenvalue weighted by Crippen LogP contribution is -2.58. The van der Waals surface area contributed by atoms with E-state index in [-0.39, 0.29) is 24.3 Å². The Kier molecular flexibility index (Phi) is 8.08. The number of amides is 2. The smallest absolute Gasteiger partial charge is 0.311 e. The van der Waals surface area contributed by atoms with Crippen molar-refractivity contribution in [2.45, 2.75) is 68.0 Å². The van der Waals surface area contributed by atoms with Gasteiger partial charge in [-0.15, -0.1) is 11.8 Å². The molecule has 2 fully saturated rings. The summed E-state index contributed by atoms with van der Waals surface area (Å²) in [6.07, 6.45) is 11.4. The number of nitrogens with zero attached hydrogens (tertiary/aromatic N) is 2. The molecule has 0 aliphatic carbocycles. The van der Waals surface area contributed by atoms with Crippen LogP contribution in [0.25, 0.3) is 0 Å². The van der Waals surface area contributed by atoms with Crippen LogP contribution in [-0.2, 0) is 19.1 Å². The third-order valence-electron chi connectivity index (χ3n) is 9.17. The van der Waals surface area contributed by atoms with Gasteiger partial charge in [-0.25, -0.2) is 0 Å². The number of ether oxygens (including phenoxy) is 2. The summed E-state index contributed by atoms with van der Waals surface area (Å²) in [7, 11) is 1.59. The maximum atomic E-state index is 14.7. The molecule has 4 aliphatic heterocycles. The van der Waals surface area contributed by atoms with Crippen molar-refractivity contribution in [2.24, 2.45) is 17.8 Å². The SMILES string of the molecule is CC[C@H](C)[C@H](CO)N1C(=O)[C@@H]2[C@@H]3C(=O)OCCCC/C=C\[C@]3(C)S[C@@]23C=CCN(c2ccc(OC)cc2)C(=O)C13. The molecule has 2 amide bonds. The summed E-state index contributed by atoms with van der Waals surface area (Å²) in [6.45, 7) is 6.37. The molecule has 7 atom stereocenters. The molecule has 1 N–H and O–H groups in total. The molecular weight excluding hydrogens is 528 g/mol. The predicted octanol–water partition coefficient (Wildman–Crippen LogP) is 3.98. The summed E-state index contributed by atoms with van der Waals surface area (Å²) in [5.74, 6) is -1.79. The van der Waals surface area contributed by atoms with E-state index in [9.17, 15) is 19.5 Å².